The van der Waals surface area contributed by atoms with Crippen molar-refractivity contribution in [2.45, 2.75) is 11.5 Å². The highest BCUT2D eigenvalue weighted by atomic mass is 16.3. The van der Waals surface area contributed by atoms with Crippen molar-refractivity contribution in [2.75, 3.05) is 7.05 Å². The number of nitrogens with zero attached hydrogens (tertiary/aromatic N) is 1. The van der Waals surface area contributed by atoms with Crippen LogP contribution in [0, 0.1) is 11.8 Å². The molecular formula is C19H15NO3. The molecule has 2 bridgehead atoms. The molecule has 1 aliphatic heterocycles. The lowest BCUT2D eigenvalue weighted by atomic mass is 9.52. The summed E-state index contributed by atoms with van der Waals surface area (Å²) < 4.78 is 0. The van der Waals surface area contributed by atoms with Gasteiger partial charge in [-0.05, 0) is 22.3 Å². The molecule has 0 radical (unpaired) electrons. The molecule has 23 heavy (non-hydrogen) atoms. The molecule has 0 spiro atoms. The molecule has 2 aromatic rings. The van der Waals surface area contributed by atoms with E-state index in [0.29, 0.717) is 0 Å². The van der Waals surface area contributed by atoms with Gasteiger partial charge in [0.15, 0.2) is 0 Å². The van der Waals surface area contributed by atoms with E-state index in [9.17, 15) is 14.7 Å². The van der Waals surface area contributed by atoms with Gasteiger partial charge in [-0.3, -0.25) is 14.5 Å². The normalized spacial score (nSPS) is 33.5. The van der Waals surface area contributed by atoms with Gasteiger partial charge in [0.05, 0.1) is 11.8 Å². The lowest BCUT2D eigenvalue weighted by Crippen LogP contribution is -2.53. The Kier molecular flexibility index (Phi) is 2.20. The molecule has 4 nitrogen and oxygen atoms in total. The third-order valence-electron chi connectivity index (χ3n) is 5.79. The van der Waals surface area contributed by atoms with Gasteiger partial charge in [-0.25, -0.2) is 0 Å². The molecule has 0 unspecified atom stereocenters. The zero-order valence-corrected chi connectivity index (χ0v) is 12.6. The smallest absolute Gasteiger partial charge is 0.236 e. The Balaban J connectivity index is 1.92. The minimum absolute atomic E-state index is 0.164. The topological polar surface area (TPSA) is 57.6 Å². The summed E-state index contributed by atoms with van der Waals surface area (Å²) >= 11 is 0. The monoisotopic (exact) mass is 305 g/mol. The molecule has 2 atom stereocenters. The molecule has 4 heteroatoms. The second kappa shape index (κ2) is 3.89. The van der Waals surface area contributed by atoms with Crippen LogP contribution in [0.15, 0.2) is 48.5 Å². The van der Waals surface area contributed by atoms with Crippen LogP contribution < -0.4 is 0 Å². The largest absolute Gasteiger partial charge is 0.379 e. The van der Waals surface area contributed by atoms with Gasteiger partial charge in [-0.2, -0.15) is 0 Å². The first-order valence-electron chi connectivity index (χ1n) is 7.79. The van der Waals surface area contributed by atoms with Crippen LogP contribution in [0.2, 0.25) is 0 Å². The summed E-state index contributed by atoms with van der Waals surface area (Å²) in [5.41, 5.74) is 2.03. The highest BCUT2D eigenvalue weighted by Gasteiger charge is 2.67. The van der Waals surface area contributed by atoms with Gasteiger partial charge in [-0.1, -0.05) is 48.5 Å². The zero-order chi connectivity index (χ0) is 15.9. The summed E-state index contributed by atoms with van der Waals surface area (Å²) in [7, 11) is 1.52. The first-order valence-corrected chi connectivity index (χ1v) is 7.79. The molecule has 114 valence electrons. The van der Waals surface area contributed by atoms with E-state index in [1.807, 2.05) is 48.5 Å². The molecule has 4 aliphatic rings. The molecule has 2 amide bonds. The fourth-order valence-electron chi connectivity index (χ4n) is 4.88. The number of hydrogen-bond donors (Lipinski definition) is 1. The van der Waals surface area contributed by atoms with E-state index < -0.39 is 17.4 Å². The Morgan fingerprint density at radius 1 is 0.913 bits per heavy atom. The zero-order valence-electron chi connectivity index (χ0n) is 12.6. The SMILES string of the molecule is CN1C(=O)[C@H]2C3c4ccccc4C(O)(c4ccccc43)[C@H]2C1=O. The van der Waals surface area contributed by atoms with Crippen LogP contribution in [0.3, 0.4) is 0 Å². The van der Waals surface area contributed by atoms with Gasteiger partial charge in [0.2, 0.25) is 11.8 Å². The predicted octanol–water partition coefficient (Wildman–Crippen LogP) is 1.61. The first-order chi connectivity index (χ1) is 11.1. The van der Waals surface area contributed by atoms with E-state index in [1.165, 1.54) is 11.9 Å². The second-order valence-corrected chi connectivity index (χ2v) is 6.66. The van der Waals surface area contributed by atoms with Crippen molar-refractivity contribution >= 4 is 11.8 Å². The van der Waals surface area contributed by atoms with E-state index in [1.54, 1.807) is 0 Å². The van der Waals surface area contributed by atoms with E-state index in [0.717, 1.165) is 22.3 Å². The molecule has 2 aromatic carbocycles. The van der Waals surface area contributed by atoms with E-state index in [-0.39, 0.29) is 17.7 Å². The Morgan fingerprint density at radius 3 is 2.00 bits per heavy atom. The van der Waals surface area contributed by atoms with Crippen molar-refractivity contribution in [1.29, 1.82) is 0 Å². The average molecular weight is 305 g/mol. The van der Waals surface area contributed by atoms with E-state index in [2.05, 4.69) is 0 Å². The van der Waals surface area contributed by atoms with Crippen molar-refractivity contribution in [3.63, 3.8) is 0 Å². The molecule has 0 aromatic heterocycles. The molecule has 1 fully saturated rings. The van der Waals surface area contributed by atoms with Gasteiger partial charge in [0, 0.05) is 13.0 Å². The van der Waals surface area contributed by atoms with E-state index in [4.69, 9.17) is 0 Å². The summed E-state index contributed by atoms with van der Waals surface area (Å²) in [6.07, 6.45) is 0. The Bertz CT molecular complexity index is 840. The summed E-state index contributed by atoms with van der Waals surface area (Å²) in [5, 5.41) is 11.7. The van der Waals surface area contributed by atoms with Crippen LogP contribution in [0.25, 0.3) is 0 Å². The standard InChI is InChI=1S/C19H15NO3/c1-20-17(21)15-14-10-6-2-4-8-12(10)19(23,16(15)18(20)22)13-9-5-3-7-11(13)14/h2-9,14-16,23H,1H3/t14?,15-,16+,19?/m0/s1. The van der Waals surface area contributed by atoms with Gasteiger partial charge in [0.25, 0.3) is 0 Å². The third-order valence-corrected chi connectivity index (χ3v) is 5.79. The first kappa shape index (κ1) is 13.0. The van der Waals surface area contributed by atoms with Crippen LogP contribution in [-0.4, -0.2) is 28.9 Å². The number of carbonyl (C=O) groups excluding carboxylic acids is 2. The van der Waals surface area contributed by atoms with Crippen molar-refractivity contribution in [3.8, 4) is 0 Å². The van der Waals surface area contributed by atoms with E-state index >= 15 is 0 Å². The van der Waals surface area contributed by atoms with Gasteiger partial charge in [0.1, 0.15) is 5.60 Å². The fourth-order valence-corrected chi connectivity index (χ4v) is 4.88. The van der Waals surface area contributed by atoms with Crippen molar-refractivity contribution in [3.05, 3.63) is 70.8 Å². The maximum Gasteiger partial charge on any atom is 0.236 e. The summed E-state index contributed by atoms with van der Waals surface area (Å²) in [6, 6.07) is 15.3. The maximum absolute atomic E-state index is 12.7. The highest BCUT2D eigenvalue weighted by Crippen LogP contribution is 2.62. The lowest BCUT2D eigenvalue weighted by molar-refractivity contribution is -0.140. The number of hydrogen-bond acceptors (Lipinski definition) is 3. The number of carbonyl (C=O) groups is 2. The number of amides is 2. The van der Waals surface area contributed by atoms with Crippen LogP contribution in [0.4, 0.5) is 0 Å². The van der Waals surface area contributed by atoms with Crippen LogP contribution >= 0.6 is 0 Å². The molecule has 1 heterocycles. The van der Waals surface area contributed by atoms with Crippen molar-refractivity contribution in [1.82, 2.24) is 4.90 Å². The van der Waals surface area contributed by atoms with Gasteiger partial charge < -0.3 is 5.11 Å². The average Bonchev–Trinajstić information content (AvgIpc) is 2.81. The predicted molar refractivity (Wildman–Crippen MR) is 82.5 cm³/mol. The Labute approximate surface area is 133 Å². The molecular weight excluding hydrogens is 290 g/mol. The number of benzene rings is 2. The molecule has 1 N–H and O–H groups in total. The number of likely N-dealkylation sites (tertiary alicyclic amines) is 1. The Hall–Kier alpha value is -2.46. The second-order valence-electron chi connectivity index (χ2n) is 6.66. The molecule has 0 saturated carbocycles. The molecule has 6 rings (SSSR count). The quantitative estimate of drug-likeness (QED) is 0.752. The third kappa shape index (κ3) is 1.24. The molecule has 3 aliphatic carbocycles. The van der Waals surface area contributed by atoms with Crippen molar-refractivity contribution in [2.24, 2.45) is 11.8 Å². The number of imide groups is 1. The summed E-state index contributed by atoms with van der Waals surface area (Å²) in [5.74, 6) is -1.87. The van der Waals surface area contributed by atoms with Crippen LogP contribution in [0.1, 0.15) is 28.2 Å². The maximum atomic E-state index is 12.7. The van der Waals surface area contributed by atoms with Crippen molar-refractivity contribution < 1.29 is 14.7 Å². The number of aliphatic hydroxyl groups is 1. The summed E-state index contributed by atoms with van der Waals surface area (Å²) in [4.78, 5) is 26.6. The molecule has 1 saturated heterocycles. The lowest BCUT2D eigenvalue weighted by Gasteiger charge is -2.51. The van der Waals surface area contributed by atoms with Crippen LogP contribution in [0.5, 0.6) is 0 Å². The van der Waals surface area contributed by atoms with Gasteiger partial charge in [-0.15, -0.1) is 0 Å². The minimum Gasteiger partial charge on any atom is -0.379 e. The number of rotatable bonds is 0. The fraction of sp³-hybridized carbons (Fsp3) is 0.263. The highest BCUT2D eigenvalue weighted by molar-refractivity contribution is 6.07. The summed E-state index contributed by atoms with van der Waals surface area (Å²) in [6.45, 7) is 0. The Morgan fingerprint density at radius 2 is 1.43 bits per heavy atom. The van der Waals surface area contributed by atoms with Gasteiger partial charge >= 0.3 is 0 Å². The minimum atomic E-state index is -1.43. The van der Waals surface area contributed by atoms with Crippen LogP contribution in [-0.2, 0) is 15.2 Å².